The predicted octanol–water partition coefficient (Wildman–Crippen LogP) is 2.62. The minimum atomic E-state index is 0.0194. The normalized spacial score (nSPS) is 25.7. The lowest BCUT2D eigenvalue weighted by Gasteiger charge is -2.38. The van der Waals surface area contributed by atoms with Crippen LogP contribution in [0.5, 0.6) is 0 Å². The van der Waals surface area contributed by atoms with E-state index in [2.05, 4.69) is 17.1 Å². The molecule has 130 valence electrons. The van der Waals surface area contributed by atoms with Crippen LogP contribution in [0.3, 0.4) is 0 Å². The van der Waals surface area contributed by atoms with Crippen molar-refractivity contribution >= 4 is 23.2 Å². The van der Waals surface area contributed by atoms with Crippen LogP contribution in [-0.2, 0) is 4.79 Å². The standard InChI is InChI=1S/C19H21N3O2S/c1-13(23)21-8-7-18-16(9-21)15(14-5-3-2-4-6-14)10-22(18)19(24)17-11-25-12-20-17/h2-6,11-12,15-16,18H,7-10H2,1H3/t15-,16-,18-/m1/s1. The molecule has 25 heavy (non-hydrogen) atoms. The molecule has 5 nitrogen and oxygen atoms in total. The van der Waals surface area contributed by atoms with E-state index < -0.39 is 0 Å². The van der Waals surface area contributed by atoms with Gasteiger partial charge in [-0.25, -0.2) is 4.98 Å². The maximum atomic E-state index is 12.9. The number of nitrogens with zero attached hydrogens (tertiary/aromatic N) is 3. The Morgan fingerprint density at radius 2 is 2.00 bits per heavy atom. The average molecular weight is 355 g/mol. The molecule has 0 unspecified atom stereocenters. The summed E-state index contributed by atoms with van der Waals surface area (Å²) in [6, 6.07) is 10.5. The number of hydrogen-bond donors (Lipinski definition) is 0. The highest BCUT2D eigenvalue weighted by atomic mass is 32.1. The number of piperidine rings is 1. The summed E-state index contributed by atoms with van der Waals surface area (Å²) in [5.41, 5.74) is 3.48. The van der Waals surface area contributed by atoms with E-state index in [1.807, 2.05) is 33.4 Å². The molecule has 2 amide bonds. The first kappa shape index (κ1) is 16.3. The summed E-state index contributed by atoms with van der Waals surface area (Å²) < 4.78 is 0. The third-order valence-electron chi connectivity index (χ3n) is 5.52. The fraction of sp³-hybridized carbons (Fsp3) is 0.421. The van der Waals surface area contributed by atoms with E-state index >= 15 is 0 Å². The second kappa shape index (κ2) is 6.59. The Hall–Kier alpha value is -2.21. The molecule has 2 aliphatic rings. The smallest absolute Gasteiger partial charge is 0.273 e. The molecule has 4 rings (SSSR count). The summed E-state index contributed by atoms with van der Waals surface area (Å²) in [4.78, 5) is 32.9. The Balaban J connectivity index is 1.65. The number of thiazole rings is 1. The van der Waals surface area contributed by atoms with Gasteiger partial charge in [-0.2, -0.15) is 0 Å². The molecule has 3 heterocycles. The monoisotopic (exact) mass is 355 g/mol. The second-order valence-electron chi connectivity index (χ2n) is 6.83. The molecule has 1 aromatic carbocycles. The molecule has 0 spiro atoms. The van der Waals surface area contributed by atoms with E-state index in [4.69, 9.17) is 0 Å². The maximum absolute atomic E-state index is 12.9. The van der Waals surface area contributed by atoms with Crippen LogP contribution < -0.4 is 0 Å². The number of amides is 2. The lowest BCUT2D eigenvalue weighted by molar-refractivity contribution is -0.131. The van der Waals surface area contributed by atoms with Crippen molar-refractivity contribution in [3.05, 3.63) is 52.5 Å². The highest BCUT2D eigenvalue weighted by Gasteiger charge is 2.47. The molecule has 0 radical (unpaired) electrons. The Kier molecular flexibility index (Phi) is 4.29. The summed E-state index contributed by atoms with van der Waals surface area (Å²) in [6.45, 7) is 3.77. The molecule has 2 saturated heterocycles. The van der Waals surface area contributed by atoms with Gasteiger partial charge in [-0.15, -0.1) is 11.3 Å². The third kappa shape index (κ3) is 2.95. The van der Waals surface area contributed by atoms with Crippen molar-refractivity contribution in [3.8, 4) is 0 Å². The van der Waals surface area contributed by atoms with Gasteiger partial charge in [0.2, 0.25) is 5.91 Å². The average Bonchev–Trinajstić information content (AvgIpc) is 3.29. The van der Waals surface area contributed by atoms with Crippen LogP contribution in [0.2, 0.25) is 0 Å². The number of likely N-dealkylation sites (tertiary alicyclic amines) is 2. The Labute approximate surface area is 151 Å². The quantitative estimate of drug-likeness (QED) is 0.832. The third-order valence-corrected chi connectivity index (χ3v) is 6.10. The number of benzene rings is 1. The highest BCUT2D eigenvalue weighted by molar-refractivity contribution is 7.07. The maximum Gasteiger partial charge on any atom is 0.273 e. The molecule has 2 aromatic rings. The molecule has 2 fully saturated rings. The van der Waals surface area contributed by atoms with E-state index in [9.17, 15) is 9.59 Å². The second-order valence-corrected chi connectivity index (χ2v) is 7.55. The molecular weight excluding hydrogens is 334 g/mol. The molecule has 1 aromatic heterocycles. The number of rotatable bonds is 2. The minimum absolute atomic E-state index is 0.0194. The SMILES string of the molecule is CC(=O)N1CC[C@@H]2[C@H](C1)[C@@H](c1ccccc1)CN2C(=O)c1cscn1. The molecule has 2 aliphatic heterocycles. The number of carbonyl (C=O) groups is 2. The molecule has 3 atom stereocenters. The number of hydrogen-bond acceptors (Lipinski definition) is 4. The van der Waals surface area contributed by atoms with Crippen LogP contribution in [0.4, 0.5) is 0 Å². The summed E-state index contributed by atoms with van der Waals surface area (Å²) in [7, 11) is 0. The van der Waals surface area contributed by atoms with Gasteiger partial charge in [0.05, 0.1) is 5.51 Å². The van der Waals surface area contributed by atoms with Crippen LogP contribution in [0.1, 0.15) is 35.3 Å². The van der Waals surface area contributed by atoms with Gasteiger partial charge in [0, 0.05) is 49.8 Å². The largest absolute Gasteiger partial charge is 0.342 e. The molecule has 0 N–H and O–H groups in total. The summed E-state index contributed by atoms with van der Waals surface area (Å²) in [5.74, 6) is 0.680. The molecular formula is C19H21N3O2S. The molecule has 6 heteroatoms. The van der Waals surface area contributed by atoms with Crippen LogP contribution in [0, 0.1) is 5.92 Å². The van der Waals surface area contributed by atoms with Crippen LogP contribution in [-0.4, -0.2) is 52.3 Å². The first-order valence-corrected chi connectivity index (χ1v) is 9.59. The first-order valence-electron chi connectivity index (χ1n) is 8.64. The van der Waals surface area contributed by atoms with Crippen molar-refractivity contribution < 1.29 is 9.59 Å². The van der Waals surface area contributed by atoms with Gasteiger partial charge in [0.25, 0.3) is 5.91 Å². The van der Waals surface area contributed by atoms with Gasteiger partial charge in [-0.3, -0.25) is 9.59 Å². The molecule has 0 saturated carbocycles. The van der Waals surface area contributed by atoms with Crippen molar-refractivity contribution in [2.45, 2.75) is 25.3 Å². The van der Waals surface area contributed by atoms with Gasteiger partial charge in [-0.1, -0.05) is 30.3 Å². The number of fused-ring (bicyclic) bond motifs is 1. The van der Waals surface area contributed by atoms with Crippen LogP contribution >= 0.6 is 11.3 Å². The van der Waals surface area contributed by atoms with Gasteiger partial charge in [0.15, 0.2) is 0 Å². The highest BCUT2D eigenvalue weighted by Crippen LogP contribution is 2.42. The zero-order valence-corrected chi connectivity index (χ0v) is 15.0. The summed E-state index contributed by atoms with van der Waals surface area (Å²) >= 11 is 1.45. The predicted molar refractivity (Wildman–Crippen MR) is 96.5 cm³/mol. The minimum Gasteiger partial charge on any atom is -0.342 e. The van der Waals surface area contributed by atoms with Gasteiger partial charge >= 0.3 is 0 Å². The first-order chi connectivity index (χ1) is 12.1. The van der Waals surface area contributed by atoms with Gasteiger partial charge < -0.3 is 9.80 Å². The van der Waals surface area contributed by atoms with Gasteiger partial charge in [0.1, 0.15) is 5.69 Å². The van der Waals surface area contributed by atoms with E-state index in [0.29, 0.717) is 12.2 Å². The van der Waals surface area contributed by atoms with E-state index in [1.165, 1.54) is 16.9 Å². The summed E-state index contributed by atoms with van der Waals surface area (Å²) in [5, 5.41) is 1.82. The van der Waals surface area contributed by atoms with Crippen molar-refractivity contribution in [2.75, 3.05) is 19.6 Å². The number of aromatic nitrogens is 1. The van der Waals surface area contributed by atoms with Crippen molar-refractivity contribution in [2.24, 2.45) is 5.92 Å². The fourth-order valence-corrected chi connectivity index (χ4v) is 4.80. The van der Waals surface area contributed by atoms with E-state index in [1.54, 1.807) is 12.4 Å². The topological polar surface area (TPSA) is 53.5 Å². The number of carbonyl (C=O) groups excluding carboxylic acids is 2. The van der Waals surface area contributed by atoms with Gasteiger partial charge in [-0.05, 0) is 12.0 Å². The van der Waals surface area contributed by atoms with Crippen molar-refractivity contribution in [3.63, 3.8) is 0 Å². The zero-order valence-electron chi connectivity index (χ0n) is 14.2. The Morgan fingerprint density at radius 3 is 2.68 bits per heavy atom. The van der Waals surface area contributed by atoms with Crippen LogP contribution in [0.15, 0.2) is 41.2 Å². The summed E-state index contributed by atoms with van der Waals surface area (Å²) in [6.07, 6.45) is 0.837. The Bertz CT molecular complexity index is 762. The Morgan fingerprint density at radius 1 is 1.20 bits per heavy atom. The fourth-order valence-electron chi connectivity index (χ4n) is 4.27. The molecule has 0 aliphatic carbocycles. The van der Waals surface area contributed by atoms with Crippen LogP contribution in [0.25, 0.3) is 0 Å². The zero-order chi connectivity index (χ0) is 17.4. The lowest BCUT2D eigenvalue weighted by atomic mass is 9.82. The van der Waals surface area contributed by atoms with E-state index in [-0.39, 0.29) is 29.7 Å². The van der Waals surface area contributed by atoms with Crippen molar-refractivity contribution in [1.29, 1.82) is 0 Å². The molecule has 0 bridgehead atoms. The van der Waals surface area contributed by atoms with Crippen molar-refractivity contribution in [1.82, 2.24) is 14.8 Å². The lowest BCUT2D eigenvalue weighted by Crippen LogP contribution is -2.49. The van der Waals surface area contributed by atoms with E-state index in [0.717, 1.165) is 19.5 Å².